The minimum atomic E-state index is -1.14. The van der Waals surface area contributed by atoms with Gasteiger partial charge < -0.3 is 5.11 Å². The van der Waals surface area contributed by atoms with Gasteiger partial charge in [-0.3, -0.25) is 0 Å². The minimum absolute atomic E-state index is 0.234. The highest BCUT2D eigenvalue weighted by molar-refractivity contribution is 5.28. The summed E-state index contributed by atoms with van der Waals surface area (Å²) in [7, 11) is 0. The largest absolute Gasteiger partial charge is 0.388 e. The molecule has 0 saturated heterocycles. The van der Waals surface area contributed by atoms with Gasteiger partial charge in [0.25, 0.3) is 0 Å². The third-order valence-electron chi connectivity index (χ3n) is 2.37. The van der Waals surface area contributed by atoms with Crippen LogP contribution in [0.4, 0.5) is 8.78 Å². The zero-order chi connectivity index (χ0) is 12.1. The molecule has 1 rings (SSSR count). The first kappa shape index (κ1) is 12.7. The van der Waals surface area contributed by atoms with Crippen LogP contribution in [0.2, 0.25) is 0 Å². The fraction of sp³-hybridized carbons (Fsp3) is 0.385. The Morgan fingerprint density at radius 3 is 2.69 bits per heavy atom. The highest BCUT2D eigenvalue weighted by Gasteiger charge is 2.18. The van der Waals surface area contributed by atoms with Crippen molar-refractivity contribution in [3.63, 3.8) is 0 Å². The summed E-state index contributed by atoms with van der Waals surface area (Å²) in [4.78, 5) is 0. The van der Waals surface area contributed by atoms with E-state index in [1.54, 1.807) is 6.92 Å². The predicted octanol–water partition coefficient (Wildman–Crippen LogP) is 3.11. The maximum atomic E-state index is 13.6. The van der Waals surface area contributed by atoms with Crippen molar-refractivity contribution < 1.29 is 13.9 Å². The number of halogens is 2. The Morgan fingerprint density at radius 2 is 2.06 bits per heavy atom. The van der Waals surface area contributed by atoms with Gasteiger partial charge in [-0.2, -0.15) is 0 Å². The SMILES string of the molecule is CC#CCCC(O)c1c(F)ccc(C)c1F. The molecule has 1 aromatic carbocycles. The van der Waals surface area contributed by atoms with E-state index in [0.29, 0.717) is 12.0 Å². The number of aliphatic hydroxyl groups excluding tert-OH is 1. The molecule has 86 valence electrons. The highest BCUT2D eigenvalue weighted by Crippen LogP contribution is 2.26. The van der Waals surface area contributed by atoms with Gasteiger partial charge in [0.1, 0.15) is 11.6 Å². The van der Waals surface area contributed by atoms with E-state index in [1.807, 2.05) is 0 Å². The smallest absolute Gasteiger partial charge is 0.134 e. The summed E-state index contributed by atoms with van der Waals surface area (Å²) in [6.45, 7) is 3.22. The summed E-state index contributed by atoms with van der Waals surface area (Å²) in [6, 6.07) is 2.52. The van der Waals surface area contributed by atoms with E-state index in [0.717, 1.165) is 0 Å². The standard InChI is InChI=1S/C13H14F2O/c1-3-4-5-6-11(16)12-10(14)8-7-9(2)13(12)15/h7-8,11,16H,5-6H2,1-2H3. The van der Waals surface area contributed by atoms with Crippen molar-refractivity contribution in [3.05, 3.63) is 34.9 Å². The molecule has 0 fully saturated rings. The monoisotopic (exact) mass is 224 g/mol. The van der Waals surface area contributed by atoms with Gasteiger partial charge in [-0.25, -0.2) is 8.78 Å². The van der Waals surface area contributed by atoms with Crippen LogP contribution in [0, 0.1) is 30.4 Å². The van der Waals surface area contributed by atoms with Crippen LogP contribution in [-0.4, -0.2) is 5.11 Å². The van der Waals surface area contributed by atoms with Gasteiger partial charge in [0.2, 0.25) is 0 Å². The lowest BCUT2D eigenvalue weighted by Gasteiger charge is -2.12. The quantitative estimate of drug-likeness (QED) is 0.782. The van der Waals surface area contributed by atoms with E-state index in [9.17, 15) is 13.9 Å². The molecule has 1 aromatic rings. The van der Waals surface area contributed by atoms with E-state index in [-0.39, 0.29) is 12.0 Å². The van der Waals surface area contributed by atoms with Gasteiger partial charge in [0.05, 0.1) is 11.7 Å². The Kier molecular flexibility index (Phi) is 4.45. The fourth-order valence-electron chi connectivity index (χ4n) is 1.46. The number of benzene rings is 1. The van der Waals surface area contributed by atoms with Gasteiger partial charge in [-0.05, 0) is 31.9 Å². The number of aryl methyl sites for hydroxylation is 1. The minimum Gasteiger partial charge on any atom is -0.388 e. The normalized spacial score (nSPS) is 11.8. The van der Waals surface area contributed by atoms with Crippen LogP contribution in [0.1, 0.15) is 37.0 Å². The molecule has 0 aliphatic rings. The first-order valence-electron chi connectivity index (χ1n) is 5.10. The van der Waals surface area contributed by atoms with Crippen LogP contribution in [0.25, 0.3) is 0 Å². The number of hydrogen-bond donors (Lipinski definition) is 1. The van der Waals surface area contributed by atoms with Crippen molar-refractivity contribution in [2.45, 2.75) is 32.8 Å². The van der Waals surface area contributed by atoms with Crippen LogP contribution in [0.5, 0.6) is 0 Å². The zero-order valence-electron chi connectivity index (χ0n) is 9.35. The van der Waals surface area contributed by atoms with E-state index in [4.69, 9.17) is 0 Å². The maximum Gasteiger partial charge on any atom is 0.134 e. The second-order valence-corrected chi connectivity index (χ2v) is 3.57. The van der Waals surface area contributed by atoms with E-state index < -0.39 is 17.7 Å². The third kappa shape index (κ3) is 2.80. The first-order chi connectivity index (χ1) is 7.57. The molecule has 0 saturated carbocycles. The average Bonchev–Trinajstić information content (AvgIpc) is 2.24. The second-order valence-electron chi connectivity index (χ2n) is 3.57. The third-order valence-corrected chi connectivity index (χ3v) is 2.37. The van der Waals surface area contributed by atoms with E-state index in [2.05, 4.69) is 11.8 Å². The van der Waals surface area contributed by atoms with Gasteiger partial charge in [0, 0.05) is 6.42 Å². The van der Waals surface area contributed by atoms with Gasteiger partial charge in [-0.15, -0.1) is 11.8 Å². The molecule has 0 spiro atoms. The molecule has 0 aromatic heterocycles. The Bertz CT molecular complexity index is 430. The van der Waals surface area contributed by atoms with Crippen molar-refractivity contribution in [3.8, 4) is 11.8 Å². The molecular weight excluding hydrogens is 210 g/mol. The van der Waals surface area contributed by atoms with Crippen molar-refractivity contribution in [1.82, 2.24) is 0 Å². The van der Waals surface area contributed by atoms with E-state index in [1.165, 1.54) is 19.1 Å². The van der Waals surface area contributed by atoms with Crippen molar-refractivity contribution in [2.75, 3.05) is 0 Å². The lowest BCUT2D eigenvalue weighted by atomic mass is 10.0. The van der Waals surface area contributed by atoms with Crippen LogP contribution < -0.4 is 0 Å². The Balaban J connectivity index is 2.92. The molecule has 0 heterocycles. The van der Waals surface area contributed by atoms with Crippen molar-refractivity contribution in [2.24, 2.45) is 0 Å². The second kappa shape index (κ2) is 5.62. The summed E-state index contributed by atoms with van der Waals surface area (Å²) in [5.41, 5.74) is 0.0786. The highest BCUT2D eigenvalue weighted by atomic mass is 19.1. The molecule has 0 radical (unpaired) electrons. The Hall–Kier alpha value is -1.40. The summed E-state index contributed by atoms with van der Waals surface area (Å²) < 4.78 is 26.9. The molecule has 16 heavy (non-hydrogen) atoms. The summed E-state index contributed by atoms with van der Waals surface area (Å²) in [5.74, 6) is 4.04. The number of rotatable bonds is 3. The molecule has 0 bridgehead atoms. The Labute approximate surface area is 94.1 Å². The molecule has 3 heteroatoms. The summed E-state index contributed by atoms with van der Waals surface area (Å²) in [6.07, 6.45) is -0.483. The van der Waals surface area contributed by atoms with Crippen LogP contribution >= 0.6 is 0 Å². The average molecular weight is 224 g/mol. The number of hydrogen-bond acceptors (Lipinski definition) is 1. The maximum absolute atomic E-state index is 13.6. The molecule has 0 aliphatic heterocycles. The van der Waals surface area contributed by atoms with Gasteiger partial charge in [0.15, 0.2) is 0 Å². The van der Waals surface area contributed by atoms with Gasteiger partial charge in [-0.1, -0.05) is 6.07 Å². The van der Waals surface area contributed by atoms with E-state index >= 15 is 0 Å². The molecule has 1 unspecified atom stereocenters. The van der Waals surface area contributed by atoms with Crippen LogP contribution in [0.15, 0.2) is 12.1 Å². The van der Waals surface area contributed by atoms with Crippen molar-refractivity contribution in [1.29, 1.82) is 0 Å². The van der Waals surface area contributed by atoms with Crippen molar-refractivity contribution >= 4 is 0 Å². The fourth-order valence-corrected chi connectivity index (χ4v) is 1.46. The molecular formula is C13H14F2O. The van der Waals surface area contributed by atoms with Gasteiger partial charge >= 0.3 is 0 Å². The topological polar surface area (TPSA) is 20.2 Å². The Morgan fingerprint density at radius 1 is 1.38 bits per heavy atom. The predicted molar refractivity (Wildman–Crippen MR) is 58.7 cm³/mol. The lowest BCUT2D eigenvalue weighted by molar-refractivity contribution is 0.159. The first-order valence-corrected chi connectivity index (χ1v) is 5.10. The molecule has 1 atom stereocenters. The molecule has 0 amide bonds. The number of aliphatic hydroxyl groups is 1. The summed E-state index contributed by atoms with van der Waals surface area (Å²) >= 11 is 0. The summed E-state index contributed by atoms with van der Waals surface area (Å²) in [5, 5.41) is 9.69. The molecule has 1 N–H and O–H groups in total. The molecule has 0 aliphatic carbocycles. The van der Waals surface area contributed by atoms with Crippen LogP contribution in [0.3, 0.4) is 0 Å². The zero-order valence-corrected chi connectivity index (χ0v) is 9.35. The van der Waals surface area contributed by atoms with Crippen LogP contribution in [-0.2, 0) is 0 Å². The molecule has 1 nitrogen and oxygen atoms in total. The lowest BCUT2D eigenvalue weighted by Crippen LogP contribution is -2.05.